The number of carbonyl (C=O) groups excluding carboxylic acids is 1. The molecule has 0 aliphatic carbocycles. The smallest absolute Gasteiger partial charge is 0.341 e. The van der Waals surface area contributed by atoms with E-state index in [2.05, 4.69) is 17.0 Å². The van der Waals surface area contributed by atoms with E-state index >= 15 is 0 Å². The third-order valence-electron chi connectivity index (χ3n) is 3.99. The van der Waals surface area contributed by atoms with Crippen LogP contribution in [0.5, 0.6) is 0 Å². The van der Waals surface area contributed by atoms with Crippen LogP contribution in [0.3, 0.4) is 0 Å². The molecule has 5 heteroatoms. The summed E-state index contributed by atoms with van der Waals surface area (Å²) in [5.41, 5.74) is 9.06. The molecule has 1 aromatic heterocycles. The number of para-hydroxylation sites is 1. The molecule has 1 atom stereocenters. The number of fused-ring (bicyclic) bond motifs is 1. The fourth-order valence-corrected chi connectivity index (χ4v) is 2.99. The molecule has 0 spiro atoms. The molecule has 0 bridgehead atoms. The second-order valence-corrected chi connectivity index (χ2v) is 5.65. The number of esters is 1. The maximum absolute atomic E-state index is 11.7. The zero-order chi connectivity index (χ0) is 15.7. The zero-order valence-corrected chi connectivity index (χ0v) is 12.8. The molecule has 2 N–H and O–H groups in total. The highest BCUT2D eigenvalue weighted by atomic mass is 16.5. The minimum Gasteiger partial charge on any atom is -0.465 e. The van der Waals surface area contributed by atoms with E-state index in [4.69, 9.17) is 14.9 Å². The maximum atomic E-state index is 11.7. The number of methoxy groups -OCH3 is 1. The highest BCUT2D eigenvalue weighted by Crippen LogP contribution is 2.28. The molecule has 0 radical (unpaired) electrons. The standard InChI is InChI=1S/C17H20N2O3/c1-11-15(17(20)21-2)8-14(22-11)10-19-9-13(18)7-12-5-3-4-6-16(12)19/h3-6,8,13H,7,9-10,18H2,1-2H3. The Hall–Kier alpha value is -2.27. The molecule has 0 saturated carbocycles. The first kappa shape index (κ1) is 14.7. The van der Waals surface area contributed by atoms with E-state index in [0.29, 0.717) is 17.9 Å². The van der Waals surface area contributed by atoms with Gasteiger partial charge in [0.1, 0.15) is 17.1 Å². The zero-order valence-electron chi connectivity index (χ0n) is 12.8. The number of nitrogens with two attached hydrogens (primary N) is 1. The number of rotatable bonds is 3. The fraction of sp³-hybridized carbons (Fsp3) is 0.353. The molecule has 2 heterocycles. The molecule has 1 aliphatic heterocycles. The number of benzene rings is 1. The Balaban J connectivity index is 1.86. The molecular formula is C17H20N2O3. The van der Waals surface area contributed by atoms with Crippen LogP contribution in [-0.4, -0.2) is 25.7 Å². The van der Waals surface area contributed by atoms with Crippen molar-refractivity contribution < 1.29 is 13.9 Å². The fourth-order valence-electron chi connectivity index (χ4n) is 2.99. The number of anilines is 1. The van der Waals surface area contributed by atoms with Crippen molar-refractivity contribution in [3.8, 4) is 0 Å². The van der Waals surface area contributed by atoms with Crippen LogP contribution in [0.1, 0.15) is 27.4 Å². The molecule has 116 valence electrons. The molecule has 3 rings (SSSR count). The quantitative estimate of drug-likeness (QED) is 0.881. The highest BCUT2D eigenvalue weighted by molar-refractivity contribution is 5.90. The van der Waals surface area contributed by atoms with Gasteiger partial charge in [-0.1, -0.05) is 18.2 Å². The SMILES string of the molecule is COC(=O)c1cc(CN2CC(N)Cc3ccccc32)oc1C. The second kappa shape index (κ2) is 5.85. The van der Waals surface area contributed by atoms with Gasteiger partial charge < -0.3 is 19.8 Å². The summed E-state index contributed by atoms with van der Waals surface area (Å²) < 4.78 is 10.5. The van der Waals surface area contributed by atoms with Crippen LogP contribution in [0.4, 0.5) is 5.69 Å². The van der Waals surface area contributed by atoms with Crippen molar-refractivity contribution in [3.05, 3.63) is 53.0 Å². The van der Waals surface area contributed by atoms with Crippen molar-refractivity contribution in [3.63, 3.8) is 0 Å². The molecule has 0 fully saturated rings. The number of hydrogen-bond donors (Lipinski definition) is 1. The van der Waals surface area contributed by atoms with Crippen molar-refractivity contribution in [2.45, 2.75) is 25.9 Å². The van der Waals surface area contributed by atoms with Gasteiger partial charge in [-0.15, -0.1) is 0 Å². The van der Waals surface area contributed by atoms with Crippen LogP contribution in [-0.2, 0) is 17.7 Å². The predicted molar refractivity (Wildman–Crippen MR) is 84.0 cm³/mol. The van der Waals surface area contributed by atoms with Crippen LogP contribution < -0.4 is 10.6 Å². The molecule has 1 aliphatic rings. The second-order valence-electron chi connectivity index (χ2n) is 5.65. The number of nitrogens with zero attached hydrogens (tertiary/aromatic N) is 1. The van der Waals surface area contributed by atoms with E-state index < -0.39 is 0 Å². The van der Waals surface area contributed by atoms with Gasteiger partial charge in [0.25, 0.3) is 0 Å². The van der Waals surface area contributed by atoms with Crippen molar-refractivity contribution in [1.82, 2.24) is 0 Å². The number of hydrogen-bond acceptors (Lipinski definition) is 5. The molecule has 22 heavy (non-hydrogen) atoms. The monoisotopic (exact) mass is 300 g/mol. The van der Waals surface area contributed by atoms with Gasteiger partial charge in [0, 0.05) is 18.3 Å². The summed E-state index contributed by atoms with van der Waals surface area (Å²) in [7, 11) is 1.37. The third-order valence-corrected chi connectivity index (χ3v) is 3.99. The average molecular weight is 300 g/mol. The van der Waals surface area contributed by atoms with Crippen LogP contribution in [0, 0.1) is 6.92 Å². The van der Waals surface area contributed by atoms with Crippen molar-refractivity contribution in [1.29, 1.82) is 0 Å². The average Bonchev–Trinajstić information content (AvgIpc) is 2.87. The number of ether oxygens (including phenoxy) is 1. The molecule has 0 amide bonds. The summed E-state index contributed by atoms with van der Waals surface area (Å²) in [6.07, 6.45) is 0.886. The van der Waals surface area contributed by atoms with E-state index in [1.807, 2.05) is 12.1 Å². The maximum Gasteiger partial charge on any atom is 0.341 e. The van der Waals surface area contributed by atoms with Crippen LogP contribution >= 0.6 is 0 Å². The lowest BCUT2D eigenvalue weighted by atomic mass is 9.98. The van der Waals surface area contributed by atoms with Crippen molar-refractivity contribution in [2.24, 2.45) is 5.73 Å². The Bertz CT molecular complexity index is 693. The topological polar surface area (TPSA) is 68.7 Å². The highest BCUT2D eigenvalue weighted by Gasteiger charge is 2.23. The number of carbonyl (C=O) groups is 1. The third kappa shape index (κ3) is 2.72. The lowest BCUT2D eigenvalue weighted by molar-refractivity contribution is 0.0599. The molecular weight excluding hydrogens is 280 g/mol. The lowest BCUT2D eigenvalue weighted by Crippen LogP contribution is -2.42. The summed E-state index contributed by atoms with van der Waals surface area (Å²) in [5, 5.41) is 0. The van der Waals surface area contributed by atoms with Gasteiger partial charge in [-0.05, 0) is 31.0 Å². The summed E-state index contributed by atoms with van der Waals surface area (Å²) in [6.45, 7) is 3.12. The van der Waals surface area contributed by atoms with Gasteiger partial charge in [-0.3, -0.25) is 0 Å². The van der Waals surface area contributed by atoms with E-state index in [9.17, 15) is 4.79 Å². The Morgan fingerprint density at radius 2 is 2.23 bits per heavy atom. The van der Waals surface area contributed by atoms with Gasteiger partial charge in [-0.25, -0.2) is 4.79 Å². The van der Waals surface area contributed by atoms with E-state index in [1.54, 1.807) is 13.0 Å². The first-order valence-electron chi connectivity index (χ1n) is 7.34. The van der Waals surface area contributed by atoms with Crippen molar-refractivity contribution in [2.75, 3.05) is 18.6 Å². The Labute approximate surface area is 129 Å². The minimum atomic E-state index is -0.372. The van der Waals surface area contributed by atoms with Gasteiger partial charge in [0.05, 0.1) is 13.7 Å². The predicted octanol–water partition coefficient (Wildman–Crippen LogP) is 2.26. The van der Waals surface area contributed by atoms with E-state index in [0.717, 1.165) is 18.7 Å². The van der Waals surface area contributed by atoms with Gasteiger partial charge in [0.15, 0.2) is 0 Å². The molecule has 1 unspecified atom stereocenters. The molecule has 2 aromatic rings. The van der Waals surface area contributed by atoms with Crippen LogP contribution in [0.15, 0.2) is 34.7 Å². The van der Waals surface area contributed by atoms with E-state index in [-0.39, 0.29) is 12.0 Å². The van der Waals surface area contributed by atoms with E-state index in [1.165, 1.54) is 18.4 Å². The summed E-state index contributed by atoms with van der Waals surface area (Å²) in [4.78, 5) is 13.9. The minimum absolute atomic E-state index is 0.103. The Kier molecular flexibility index (Phi) is 3.90. The number of aryl methyl sites for hydroxylation is 1. The van der Waals surface area contributed by atoms with Crippen LogP contribution in [0.2, 0.25) is 0 Å². The summed E-state index contributed by atoms with van der Waals surface area (Å²) in [6, 6.07) is 10.1. The molecule has 1 aromatic carbocycles. The molecule has 0 saturated heterocycles. The summed E-state index contributed by atoms with van der Waals surface area (Å²) in [5.74, 6) is 0.946. The normalized spacial score (nSPS) is 17.2. The largest absolute Gasteiger partial charge is 0.465 e. The lowest BCUT2D eigenvalue weighted by Gasteiger charge is -2.34. The first-order valence-corrected chi connectivity index (χ1v) is 7.34. The Morgan fingerprint density at radius 3 is 3.00 bits per heavy atom. The Morgan fingerprint density at radius 1 is 1.45 bits per heavy atom. The first-order chi connectivity index (χ1) is 10.6. The number of furan rings is 1. The van der Waals surface area contributed by atoms with Gasteiger partial charge in [0.2, 0.25) is 0 Å². The van der Waals surface area contributed by atoms with Gasteiger partial charge >= 0.3 is 5.97 Å². The molecule has 5 nitrogen and oxygen atoms in total. The summed E-state index contributed by atoms with van der Waals surface area (Å²) >= 11 is 0. The van der Waals surface area contributed by atoms with Gasteiger partial charge in [-0.2, -0.15) is 0 Å². The van der Waals surface area contributed by atoms with Crippen LogP contribution in [0.25, 0.3) is 0 Å². The van der Waals surface area contributed by atoms with Crippen molar-refractivity contribution >= 4 is 11.7 Å².